The molecule has 3 aromatic rings. The van der Waals surface area contributed by atoms with E-state index in [0.717, 1.165) is 49.7 Å². The molecule has 3 aromatic carbocycles. The number of benzene rings is 3. The molecule has 0 radical (unpaired) electrons. The first-order valence-corrected chi connectivity index (χ1v) is 17.4. The Morgan fingerprint density at radius 2 is 0.974 bits per heavy atom. The molecule has 210 valence electrons. The van der Waals surface area contributed by atoms with Crippen LogP contribution in [0.3, 0.4) is 0 Å². The van der Waals surface area contributed by atoms with Gasteiger partial charge < -0.3 is 29.4 Å². The summed E-state index contributed by atoms with van der Waals surface area (Å²) >= 11 is 0. The van der Waals surface area contributed by atoms with Gasteiger partial charge in [0.25, 0.3) is 0 Å². The van der Waals surface area contributed by atoms with E-state index < -0.39 is 15.9 Å². The molecule has 0 fully saturated rings. The predicted octanol–water partition coefficient (Wildman–Crippen LogP) is 3.21. The summed E-state index contributed by atoms with van der Waals surface area (Å²) in [6.45, 7) is 0. The second-order valence-corrected chi connectivity index (χ2v) is 14.1. The molecule has 0 heterocycles. The lowest BCUT2D eigenvalue weighted by Gasteiger charge is -2.42. The monoisotopic (exact) mass is 566 g/mol. The van der Waals surface area contributed by atoms with Crippen LogP contribution in [0.5, 0.6) is 0 Å². The van der Waals surface area contributed by atoms with Gasteiger partial charge in [0.05, 0.1) is 0 Å². The van der Waals surface area contributed by atoms with E-state index in [1.807, 2.05) is 18.2 Å². The third-order valence-electron chi connectivity index (χ3n) is 7.95. The molecule has 39 heavy (non-hydrogen) atoms. The van der Waals surface area contributed by atoms with Crippen LogP contribution in [-0.2, 0) is 5.41 Å². The average Bonchev–Trinajstić information content (AvgIpc) is 3.17. The number of hydrogen-bond acceptors (Lipinski definition) is 6. The average molecular weight is 567 g/mol. The number of fused-ring (bicyclic) bond motifs is 3. The molecule has 0 amide bonds. The zero-order valence-electron chi connectivity index (χ0n) is 22.3. The van der Waals surface area contributed by atoms with Crippen LogP contribution in [-0.4, -0.2) is 12.3 Å². The number of unbranched alkanes of at least 4 members (excludes halogenated alkanes) is 6. The molecule has 0 aromatic heterocycles. The van der Waals surface area contributed by atoms with Gasteiger partial charge in [-0.05, 0) is 78.0 Å². The normalized spacial score (nSPS) is 14.3. The molecule has 0 saturated carbocycles. The highest BCUT2D eigenvalue weighted by molar-refractivity contribution is 7.54. The minimum absolute atomic E-state index is 0.213. The number of hydrogen-bond donors (Lipinski definition) is 0. The molecule has 1 aliphatic carbocycles. The summed E-state index contributed by atoms with van der Waals surface area (Å²) < 4.78 is 0. The molecule has 0 N–H and O–H groups in total. The molecule has 4 rings (SSSR count). The maximum absolute atomic E-state index is 11.0. The van der Waals surface area contributed by atoms with Crippen molar-refractivity contribution >= 4 is 15.9 Å². The van der Waals surface area contributed by atoms with Crippen molar-refractivity contribution in [1.82, 2.24) is 0 Å². The Bertz CT molecular complexity index is 1180. The van der Waals surface area contributed by atoms with Crippen molar-refractivity contribution in [2.45, 2.75) is 69.6 Å². The first-order chi connectivity index (χ1) is 18.6. The second-order valence-electron chi connectivity index (χ2n) is 10.8. The van der Waals surface area contributed by atoms with Crippen molar-refractivity contribution in [3.8, 4) is 22.3 Å². The third-order valence-corrected chi connectivity index (χ3v) is 9.67. The van der Waals surface area contributed by atoms with Gasteiger partial charge in [-0.15, -0.1) is 0 Å². The molecule has 0 atom stereocenters. The van der Waals surface area contributed by atoms with E-state index in [1.54, 1.807) is 0 Å². The smallest absolute Gasteiger partial charge is 0.0425 e. The van der Waals surface area contributed by atoms with E-state index >= 15 is 0 Å². The lowest BCUT2D eigenvalue weighted by atomic mass is 9.70. The van der Waals surface area contributed by atoms with Crippen molar-refractivity contribution in [3.63, 3.8) is 0 Å². The van der Waals surface area contributed by atoms with Gasteiger partial charge in [0, 0.05) is 17.7 Å². The second kappa shape index (κ2) is 13.3. The fourth-order valence-corrected chi connectivity index (χ4v) is 7.32. The summed E-state index contributed by atoms with van der Waals surface area (Å²) in [4.78, 5) is 66.1. The van der Waals surface area contributed by atoms with Gasteiger partial charge in [0.1, 0.15) is 0 Å². The van der Waals surface area contributed by atoms with Crippen molar-refractivity contribution in [2.24, 2.45) is 0 Å². The van der Waals surface area contributed by atoms with E-state index in [1.165, 1.54) is 22.3 Å². The largest absolute Gasteiger partial charge is 0.688 e. The maximum atomic E-state index is 11.0. The number of rotatable bonds is 15. The fraction of sp³-hybridized carbons (Fsp3) is 0.419. The van der Waals surface area contributed by atoms with Gasteiger partial charge >= 0.3 is 0 Å². The highest BCUT2D eigenvalue weighted by atomic mass is 31.2. The Morgan fingerprint density at radius 3 is 1.56 bits per heavy atom. The molecule has 0 bridgehead atoms. The van der Waals surface area contributed by atoms with Crippen LogP contribution < -0.4 is 29.4 Å². The van der Waals surface area contributed by atoms with E-state index in [-0.39, 0.29) is 17.7 Å². The molecule has 8 heteroatoms. The Hall–Kier alpha value is -1.72. The zero-order chi connectivity index (χ0) is 27.9. The molecule has 0 spiro atoms. The first-order valence-electron chi connectivity index (χ1n) is 13.9. The molecular formula is C31H36O6P2-4. The Kier molecular flexibility index (Phi) is 10.3. The Balaban J connectivity index is 1.58. The van der Waals surface area contributed by atoms with E-state index in [4.69, 9.17) is 0 Å². The predicted molar refractivity (Wildman–Crippen MR) is 148 cm³/mol. The molecular weight excluding hydrogens is 530 g/mol. The van der Waals surface area contributed by atoms with Gasteiger partial charge in [0.2, 0.25) is 0 Å². The standard InChI is InChI=1S/C31H40O6P2/c32-38(33,34)22-12-3-1-10-20-31(21-11-2-4-13-23-39(35,36)37)29-17-9-8-16-27(29)28-19-18-26(24-30(28)31)25-14-6-5-7-15-25/h5-9,14-19,24H,1-4,10-13,20-23H2,(H2,32,33,34)(H2,35,36,37)/p-4. The van der Waals surface area contributed by atoms with Crippen molar-refractivity contribution in [1.29, 1.82) is 0 Å². The van der Waals surface area contributed by atoms with Crippen LogP contribution in [0.15, 0.2) is 72.8 Å². The summed E-state index contributed by atoms with van der Waals surface area (Å²) in [5.41, 5.74) is 7.19. The van der Waals surface area contributed by atoms with Gasteiger partial charge in [-0.3, -0.25) is 0 Å². The molecule has 0 aliphatic heterocycles. The van der Waals surface area contributed by atoms with Crippen LogP contribution in [0, 0.1) is 0 Å². The SMILES string of the molecule is [O-][P+]([O-])([O-])CCCCCCC1(CCCCCC[P+]([O-])([O-])[O-])c2ccccc2-c2ccc(-c3ccccc3)cc21. The third kappa shape index (κ3) is 8.16. The quantitative estimate of drug-likeness (QED) is 0.205. The Morgan fingerprint density at radius 1 is 0.462 bits per heavy atom. The summed E-state index contributed by atoms with van der Waals surface area (Å²) in [7, 11) is -8.92. The summed E-state index contributed by atoms with van der Waals surface area (Å²) in [6.07, 6.45) is 6.92. The van der Waals surface area contributed by atoms with Crippen molar-refractivity contribution in [2.75, 3.05) is 12.3 Å². The van der Waals surface area contributed by atoms with E-state index in [2.05, 4.69) is 54.6 Å². The highest BCUT2D eigenvalue weighted by Crippen LogP contribution is 2.55. The summed E-state index contributed by atoms with van der Waals surface area (Å²) in [6, 6.07) is 25.6. The fourth-order valence-electron chi connectivity index (χ4n) is 6.10. The van der Waals surface area contributed by atoms with Crippen LogP contribution in [0.2, 0.25) is 0 Å². The van der Waals surface area contributed by atoms with Gasteiger partial charge in [-0.25, -0.2) is 0 Å². The van der Waals surface area contributed by atoms with E-state index in [9.17, 15) is 29.4 Å². The lowest BCUT2D eigenvalue weighted by molar-refractivity contribution is -0.429. The van der Waals surface area contributed by atoms with Crippen LogP contribution in [0.1, 0.15) is 75.3 Å². The molecule has 0 saturated heterocycles. The summed E-state index contributed by atoms with van der Waals surface area (Å²) in [5.74, 6) is 0. The summed E-state index contributed by atoms with van der Waals surface area (Å²) in [5, 5.41) is 0. The van der Waals surface area contributed by atoms with E-state index in [0.29, 0.717) is 25.7 Å². The molecule has 1 aliphatic rings. The van der Waals surface area contributed by atoms with Crippen LogP contribution >= 0.6 is 15.9 Å². The van der Waals surface area contributed by atoms with Crippen molar-refractivity contribution in [3.05, 3.63) is 83.9 Å². The Labute approximate surface area is 233 Å². The van der Waals surface area contributed by atoms with Gasteiger partial charge in [-0.2, -0.15) is 15.9 Å². The van der Waals surface area contributed by atoms with Gasteiger partial charge in [-0.1, -0.05) is 92.4 Å². The highest BCUT2D eigenvalue weighted by Gasteiger charge is 2.42. The molecule has 6 nitrogen and oxygen atoms in total. The topological polar surface area (TPSA) is 138 Å². The zero-order valence-corrected chi connectivity index (χ0v) is 24.0. The van der Waals surface area contributed by atoms with Crippen molar-refractivity contribution < 1.29 is 29.4 Å². The maximum Gasteiger partial charge on any atom is 0.0425 e. The van der Waals surface area contributed by atoms with Gasteiger partial charge in [0.15, 0.2) is 0 Å². The lowest BCUT2D eigenvalue weighted by Crippen LogP contribution is -2.34. The minimum atomic E-state index is -4.46. The van der Waals surface area contributed by atoms with Crippen LogP contribution in [0.4, 0.5) is 0 Å². The minimum Gasteiger partial charge on any atom is -0.688 e. The molecule has 0 unspecified atom stereocenters. The first kappa shape index (κ1) is 30.2. The van der Waals surface area contributed by atoms with Crippen LogP contribution in [0.25, 0.3) is 22.3 Å².